The highest BCUT2D eigenvalue weighted by Crippen LogP contribution is 2.29. The molecule has 2 aromatic carbocycles. The fraction of sp³-hybridized carbons (Fsp3) is 0.278. The van der Waals surface area contributed by atoms with E-state index in [9.17, 15) is 13.2 Å². The van der Waals surface area contributed by atoms with E-state index in [1.54, 1.807) is 17.0 Å². The van der Waals surface area contributed by atoms with Crippen molar-refractivity contribution in [2.75, 3.05) is 25.5 Å². The van der Waals surface area contributed by atoms with E-state index >= 15 is 0 Å². The summed E-state index contributed by atoms with van der Waals surface area (Å²) in [6, 6.07) is 9.55. The molecule has 7 nitrogen and oxygen atoms in total. The number of methoxy groups -OCH3 is 2. The van der Waals surface area contributed by atoms with Crippen molar-refractivity contribution in [1.29, 1.82) is 0 Å². The monoisotopic (exact) mass is 410 g/mol. The van der Waals surface area contributed by atoms with Crippen molar-refractivity contribution in [1.82, 2.24) is 4.90 Å². The lowest BCUT2D eigenvalue weighted by molar-refractivity contribution is 0.118. The predicted octanol–water partition coefficient (Wildman–Crippen LogP) is 3.27. The zero-order valence-electron chi connectivity index (χ0n) is 14.9. The second kappa shape index (κ2) is 7.66. The van der Waals surface area contributed by atoms with Crippen molar-refractivity contribution >= 4 is 33.4 Å². The molecule has 0 aromatic heterocycles. The Morgan fingerprint density at radius 1 is 1.15 bits per heavy atom. The van der Waals surface area contributed by atoms with E-state index in [0.717, 1.165) is 11.1 Å². The number of ether oxygens (including phenoxy) is 2. The van der Waals surface area contributed by atoms with Crippen LogP contribution in [-0.2, 0) is 27.7 Å². The molecule has 27 heavy (non-hydrogen) atoms. The van der Waals surface area contributed by atoms with E-state index in [0.29, 0.717) is 30.9 Å². The van der Waals surface area contributed by atoms with Gasteiger partial charge >= 0.3 is 6.09 Å². The molecule has 3 rings (SSSR count). The van der Waals surface area contributed by atoms with Gasteiger partial charge in [0.2, 0.25) is 0 Å². The Labute approximate surface area is 162 Å². The van der Waals surface area contributed by atoms with E-state index in [4.69, 9.17) is 21.1 Å². The number of halogens is 1. The SMILES string of the molecule is COC(=O)N1CCc2ccc(NS(=O)(=O)c3ccc(OC)c(Cl)c3)cc2C1. The molecule has 0 saturated carbocycles. The molecule has 0 fully saturated rings. The molecule has 0 saturated heterocycles. The Morgan fingerprint density at radius 2 is 1.93 bits per heavy atom. The van der Waals surface area contributed by atoms with Crippen LogP contribution in [0, 0.1) is 0 Å². The highest BCUT2D eigenvalue weighted by Gasteiger charge is 2.22. The van der Waals surface area contributed by atoms with Gasteiger partial charge in [0.25, 0.3) is 10.0 Å². The number of nitrogens with zero attached hydrogens (tertiary/aromatic N) is 1. The second-order valence-electron chi connectivity index (χ2n) is 6.03. The van der Waals surface area contributed by atoms with Crippen LogP contribution in [0.15, 0.2) is 41.3 Å². The number of sulfonamides is 1. The summed E-state index contributed by atoms with van der Waals surface area (Å²) in [5, 5.41) is 0.208. The number of nitrogens with one attached hydrogen (secondary N) is 1. The zero-order chi connectivity index (χ0) is 19.6. The van der Waals surface area contributed by atoms with Gasteiger partial charge in [-0.15, -0.1) is 0 Å². The number of carbonyl (C=O) groups is 1. The van der Waals surface area contributed by atoms with Gasteiger partial charge in [0, 0.05) is 18.8 Å². The number of hydrogen-bond donors (Lipinski definition) is 1. The first-order valence-electron chi connectivity index (χ1n) is 8.15. The Kier molecular flexibility index (Phi) is 5.48. The fourth-order valence-corrected chi connectivity index (χ4v) is 4.33. The van der Waals surface area contributed by atoms with Gasteiger partial charge in [-0.3, -0.25) is 4.72 Å². The Bertz CT molecular complexity index is 978. The van der Waals surface area contributed by atoms with Gasteiger partial charge in [0.05, 0.1) is 24.1 Å². The van der Waals surface area contributed by atoms with Crippen molar-refractivity contribution in [3.05, 3.63) is 52.5 Å². The zero-order valence-corrected chi connectivity index (χ0v) is 16.4. The normalized spacial score (nSPS) is 13.7. The van der Waals surface area contributed by atoms with E-state index in [-0.39, 0.29) is 9.92 Å². The summed E-state index contributed by atoms with van der Waals surface area (Å²) >= 11 is 6.03. The van der Waals surface area contributed by atoms with Gasteiger partial charge in [0.1, 0.15) is 5.75 Å². The van der Waals surface area contributed by atoms with Crippen LogP contribution in [0.4, 0.5) is 10.5 Å². The predicted molar refractivity (Wildman–Crippen MR) is 102 cm³/mol. The third kappa shape index (κ3) is 4.12. The first kappa shape index (κ1) is 19.3. The Hall–Kier alpha value is -2.45. The third-order valence-electron chi connectivity index (χ3n) is 4.34. The molecule has 9 heteroatoms. The number of fused-ring (bicyclic) bond motifs is 1. The van der Waals surface area contributed by atoms with E-state index in [1.807, 2.05) is 6.07 Å². The van der Waals surface area contributed by atoms with E-state index < -0.39 is 16.1 Å². The number of hydrogen-bond acceptors (Lipinski definition) is 5. The van der Waals surface area contributed by atoms with Crippen molar-refractivity contribution < 1.29 is 22.7 Å². The molecular weight excluding hydrogens is 392 g/mol. The minimum Gasteiger partial charge on any atom is -0.495 e. The van der Waals surface area contributed by atoms with Gasteiger partial charge in [0.15, 0.2) is 0 Å². The molecule has 0 unspecified atom stereocenters. The van der Waals surface area contributed by atoms with Crippen LogP contribution in [0.1, 0.15) is 11.1 Å². The first-order valence-corrected chi connectivity index (χ1v) is 10.0. The largest absolute Gasteiger partial charge is 0.495 e. The average Bonchev–Trinajstić information content (AvgIpc) is 2.66. The number of anilines is 1. The number of benzene rings is 2. The molecule has 1 aliphatic heterocycles. The minimum atomic E-state index is -3.82. The molecular formula is C18H19ClN2O5S. The minimum absolute atomic E-state index is 0.0298. The van der Waals surface area contributed by atoms with Gasteiger partial charge in [-0.1, -0.05) is 17.7 Å². The smallest absolute Gasteiger partial charge is 0.409 e. The second-order valence-corrected chi connectivity index (χ2v) is 8.12. The Balaban J connectivity index is 1.84. The lowest BCUT2D eigenvalue weighted by Gasteiger charge is -2.28. The lowest BCUT2D eigenvalue weighted by atomic mass is 9.99. The molecule has 0 aliphatic carbocycles. The Morgan fingerprint density at radius 3 is 2.59 bits per heavy atom. The van der Waals surface area contributed by atoms with Gasteiger partial charge in [-0.2, -0.15) is 0 Å². The molecule has 0 radical (unpaired) electrons. The van der Waals surface area contributed by atoms with Crippen molar-refractivity contribution in [2.45, 2.75) is 17.9 Å². The number of carbonyl (C=O) groups excluding carboxylic acids is 1. The quantitative estimate of drug-likeness (QED) is 0.836. The van der Waals surface area contributed by atoms with Crippen LogP contribution in [0.3, 0.4) is 0 Å². The maximum absolute atomic E-state index is 12.6. The molecule has 0 atom stereocenters. The summed E-state index contributed by atoms with van der Waals surface area (Å²) < 4.78 is 37.6. The average molecular weight is 411 g/mol. The van der Waals surface area contributed by atoms with Gasteiger partial charge in [-0.25, -0.2) is 13.2 Å². The van der Waals surface area contributed by atoms with Crippen molar-refractivity contribution in [2.24, 2.45) is 0 Å². The molecule has 1 aliphatic rings. The summed E-state index contributed by atoms with van der Waals surface area (Å²) in [6.07, 6.45) is 0.283. The molecule has 1 N–H and O–H groups in total. The third-order valence-corrected chi connectivity index (χ3v) is 6.01. The summed E-state index contributed by atoms with van der Waals surface area (Å²) in [7, 11) is -1.02. The highest BCUT2D eigenvalue weighted by molar-refractivity contribution is 7.92. The molecule has 2 aromatic rings. The molecule has 144 valence electrons. The summed E-state index contributed by atoms with van der Waals surface area (Å²) in [6.45, 7) is 0.932. The topological polar surface area (TPSA) is 84.9 Å². The van der Waals surface area contributed by atoms with Crippen LogP contribution in [0.5, 0.6) is 5.75 Å². The number of amides is 1. The van der Waals surface area contributed by atoms with Crippen LogP contribution in [0.25, 0.3) is 0 Å². The highest BCUT2D eigenvalue weighted by atomic mass is 35.5. The van der Waals surface area contributed by atoms with E-state index in [2.05, 4.69) is 4.72 Å². The molecule has 0 spiro atoms. The van der Waals surface area contributed by atoms with Crippen LogP contribution in [-0.4, -0.2) is 40.2 Å². The van der Waals surface area contributed by atoms with Crippen LogP contribution < -0.4 is 9.46 Å². The van der Waals surface area contributed by atoms with Crippen LogP contribution >= 0.6 is 11.6 Å². The van der Waals surface area contributed by atoms with Crippen LogP contribution in [0.2, 0.25) is 5.02 Å². The fourth-order valence-electron chi connectivity index (χ4n) is 2.93. The van der Waals surface area contributed by atoms with Crippen molar-refractivity contribution in [3.8, 4) is 5.75 Å². The first-order chi connectivity index (χ1) is 12.8. The standard InChI is InChI=1S/C18H19ClN2O5S/c1-25-17-6-5-15(10-16(17)19)27(23,24)20-14-4-3-12-7-8-21(18(22)26-2)11-13(12)9-14/h3-6,9-10,20H,7-8,11H2,1-2H3. The maximum atomic E-state index is 12.6. The molecule has 0 bridgehead atoms. The van der Waals surface area contributed by atoms with Gasteiger partial charge in [-0.05, 0) is 47.9 Å². The molecule has 1 heterocycles. The summed E-state index contributed by atoms with van der Waals surface area (Å²) in [5.74, 6) is 0.396. The molecule has 1 amide bonds. The lowest BCUT2D eigenvalue weighted by Crippen LogP contribution is -2.35. The number of rotatable bonds is 4. The maximum Gasteiger partial charge on any atom is 0.409 e. The van der Waals surface area contributed by atoms with Crippen molar-refractivity contribution in [3.63, 3.8) is 0 Å². The van der Waals surface area contributed by atoms with Gasteiger partial charge < -0.3 is 14.4 Å². The van der Waals surface area contributed by atoms with E-state index in [1.165, 1.54) is 32.4 Å². The summed E-state index contributed by atoms with van der Waals surface area (Å²) in [4.78, 5) is 13.3. The summed E-state index contributed by atoms with van der Waals surface area (Å²) in [5.41, 5.74) is 2.36.